The van der Waals surface area contributed by atoms with Crippen molar-refractivity contribution >= 4 is 15.9 Å². The van der Waals surface area contributed by atoms with Crippen LogP contribution in [-0.4, -0.2) is 32.3 Å². The highest BCUT2D eigenvalue weighted by Crippen LogP contribution is 2.45. The zero-order valence-electron chi connectivity index (χ0n) is 17.2. The first kappa shape index (κ1) is 19.3. The minimum atomic E-state index is 0.365. The highest BCUT2D eigenvalue weighted by molar-refractivity contribution is 9.10. The van der Waals surface area contributed by atoms with Gasteiger partial charge in [0.25, 0.3) is 0 Å². The molecule has 0 radical (unpaired) electrons. The van der Waals surface area contributed by atoms with Crippen molar-refractivity contribution in [3.05, 3.63) is 51.0 Å². The summed E-state index contributed by atoms with van der Waals surface area (Å²) in [5.41, 5.74) is 5.46. The van der Waals surface area contributed by atoms with E-state index in [-0.39, 0.29) is 0 Å². The van der Waals surface area contributed by atoms with Crippen molar-refractivity contribution in [3.8, 4) is 17.2 Å². The molecule has 0 aromatic heterocycles. The minimum absolute atomic E-state index is 0.365. The van der Waals surface area contributed by atoms with Crippen LogP contribution in [-0.2, 0) is 19.4 Å². The number of hydrogen-bond acceptors (Lipinski definition) is 4. The first-order chi connectivity index (χ1) is 14.2. The Morgan fingerprint density at radius 2 is 1.86 bits per heavy atom. The molecule has 0 saturated heterocycles. The summed E-state index contributed by atoms with van der Waals surface area (Å²) in [4.78, 5) is 2.58. The Balaban J connectivity index is 1.47. The summed E-state index contributed by atoms with van der Waals surface area (Å²) >= 11 is 3.77. The topological polar surface area (TPSA) is 30.9 Å². The summed E-state index contributed by atoms with van der Waals surface area (Å²) in [6.45, 7) is 2.79. The van der Waals surface area contributed by atoms with Gasteiger partial charge in [0.05, 0.1) is 20.8 Å². The highest BCUT2D eigenvalue weighted by Gasteiger charge is 2.35. The van der Waals surface area contributed by atoms with Gasteiger partial charge in [-0.15, -0.1) is 0 Å². The molecule has 0 amide bonds. The number of methoxy groups -OCH3 is 2. The van der Waals surface area contributed by atoms with E-state index in [1.807, 2.05) is 0 Å². The molecule has 2 aromatic rings. The second-order valence-electron chi connectivity index (χ2n) is 8.46. The van der Waals surface area contributed by atoms with E-state index in [0.29, 0.717) is 12.0 Å². The molecule has 2 heterocycles. The SMILES string of the molecule is COc1cc2c(cc1OCC1CCC1)CCN1Cc3c(OC)ccc(Br)c3CC21. The van der Waals surface area contributed by atoms with Gasteiger partial charge in [0, 0.05) is 29.2 Å². The van der Waals surface area contributed by atoms with E-state index in [9.17, 15) is 0 Å². The van der Waals surface area contributed by atoms with E-state index < -0.39 is 0 Å². The molecule has 1 aliphatic carbocycles. The Kier molecular flexibility index (Phi) is 5.21. The molecule has 154 valence electrons. The van der Waals surface area contributed by atoms with E-state index >= 15 is 0 Å². The molecule has 1 atom stereocenters. The van der Waals surface area contributed by atoms with Gasteiger partial charge in [-0.25, -0.2) is 0 Å². The number of fused-ring (bicyclic) bond motifs is 4. The molecule has 4 nitrogen and oxygen atoms in total. The van der Waals surface area contributed by atoms with E-state index in [4.69, 9.17) is 14.2 Å². The van der Waals surface area contributed by atoms with Crippen LogP contribution in [0.5, 0.6) is 17.2 Å². The van der Waals surface area contributed by atoms with Gasteiger partial charge in [-0.3, -0.25) is 4.90 Å². The molecule has 2 aromatic carbocycles. The Morgan fingerprint density at radius 1 is 1.03 bits per heavy atom. The van der Waals surface area contributed by atoms with Crippen LogP contribution < -0.4 is 14.2 Å². The van der Waals surface area contributed by atoms with Gasteiger partial charge in [0.2, 0.25) is 0 Å². The predicted molar refractivity (Wildman–Crippen MR) is 117 cm³/mol. The van der Waals surface area contributed by atoms with Crippen molar-refractivity contribution in [1.29, 1.82) is 0 Å². The monoisotopic (exact) mass is 457 g/mol. The molecule has 5 rings (SSSR count). The Morgan fingerprint density at radius 3 is 2.59 bits per heavy atom. The number of nitrogens with zero attached hydrogens (tertiary/aromatic N) is 1. The molecule has 1 saturated carbocycles. The molecule has 0 spiro atoms. The maximum Gasteiger partial charge on any atom is 0.161 e. The number of hydrogen-bond donors (Lipinski definition) is 0. The zero-order chi connectivity index (χ0) is 20.0. The van der Waals surface area contributed by atoms with Crippen LogP contribution in [0, 0.1) is 5.92 Å². The third kappa shape index (κ3) is 3.42. The summed E-state index contributed by atoms with van der Waals surface area (Å²) in [6.07, 6.45) is 5.95. The number of rotatable bonds is 5. The average Bonchev–Trinajstić information content (AvgIpc) is 2.71. The third-order valence-electron chi connectivity index (χ3n) is 6.90. The molecule has 5 heteroatoms. The van der Waals surface area contributed by atoms with Crippen LogP contribution in [0.25, 0.3) is 0 Å². The molecule has 29 heavy (non-hydrogen) atoms. The van der Waals surface area contributed by atoms with E-state index in [2.05, 4.69) is 45.1 Å². The Labute approximate surface area is 181 Å². The van der Waals surface area contributed by atoms with Crippen LogP contribution in [0.2, 0.25) is 0 Å². The second-order valence-corrected chi connectivity index (χ2v) is 9.31. The first-order valence-electron chi connectivity index (χ1n) is 10.6. The van der Waals surface area contributed by atoms with Crippen LogP contribution in [0.15, 0.2) is 28.7 Å². The van der Waals surface area contributed by atoms with Crippen LogP contribution in [0.1, 0.15) is 47.6 Å². The zero-order valence-corrected chi connectivity index (χ0v) is 18.8. The highest BCUT2D eigenvalue weighted by atomic mass is 79.9. The van der Waals surface area contributed by atoms with Crippen molar-refractivity contribution in [1.82, 2.24) is 4.90 Å². The van der Waals surface area contributed by atoms with E-state index in [1.165, 1.54) is 46.0 Å². The van der Waals surface area contributed by atoms with Gasteiger partial charge in [-0.1, -0.05) is 22.4 Å². The third-order valence-corrected chi connectivity index (χ3v) is 7.65. The summed E-state index contributed by atoms with van der Waals surface area (Å²) in [5, 5.41) is 0. The minimum Gasteiger partial charge on any atom is -0.496 e. The lowest BCUT2D eigenvalue weighted by atomic mass is 9.83. The van der Waals surface area contributed by atoms with E-state index in [0.717, 1.165) is 49.8 Å². The summed E-state index contributed by atoms with van der Waals surface area (Å²) in [5.74, 6) is 3.48. The molecule has 3 aliphatic rings. The van der Waals surface area contributed by atoms with Crippen molar-refractivity contribution in [3.63, 3.8) is 0 Å². The fourth-order valence-corrected chi connectivity index (χ4v) is 5.49. The molecular weight excluding hydrogens is 430 g/mol. The van der Waals surface area contributed by atoms with E-state index in [1.54, 1.807) is 14.2 Å². The smallest absolute Gasteiger partial charge is 0.161 e. The van der Waals surface area contributed by atoms with Gasteiger partial charge in [0.15, 0.2) is 11.5 Å². The quantitative estimate of drug-likeness (QED) is 0.609. The molecular formula is C24H28BrNO3. The van der Waals surface area contributed by atoms with Gasteiger partial charge in [0.1, 0.15) is 5.75 Å². The van der Waals surface area contributed by atoms with Gasteiger partial charge >= 0.3 is 0 Å². The van der Waals surface area contributed by atoms with Crippen molar-refractivity contribution in [2.45, 2.75) is 44.7 Å². The normalized spacial score (nSPS) is 20.9. The lowest BCUT2D eigenvalue weighted by Gasteiger charge is -2.42. The lowest BCUT2D eigenvalue weighted by Crippen LogP contribution is -2.39. The van der Waals surface area contributed by atoms with Crippen LogP contribution in [0.4, 0.5) is 0 Å². The first-order valence-corrected chi connectivity index (χ1v) is 11.4. The molecule has 1 fully saturated rings. The molecule has 0 bridgehead atoms. The molecule has 2 aliphatic heterocycles. The predicted octanol–water partition coefficient (Wildman–Crippen LogP) is 5.30. The van der Waals surface area contributed by atoms with Crippen molar-refractivity contribution < 1.29 is 14.2 Å². The number of halogens is 1. The van der Waals surface area contributed by atoms with Crippen molar-refractivity contribution in [2.75, 3.05) is 27.4 Å². The number of ether oxygens (including phenoxy) is 3. The number of benzene rings is 2. The average molecular weight is 458 g/mol. The molecule has 1 unspecified atom stereocenters. The Hall–Kier alpha value is -1.72. The van der Waals surface area contributed by atoms with Gasteiger partial charge in [-0.2, -0.15) is 0 Å². The second kappa shape index (κ2) is 7.84. The summed E-state index contributed by atoms with van der Waals surface area (Å²) in [7, 11) is 3.51. The lowest BCUT2D eigenvalue weighted by molar-refractivity contribution is 0.155. The summed E-state index contributed by atoms with van der Waals surface area (Å²) < 4.78 is 18.7. The fourth-order valence-electron chi connectivity index (χ4n) is 4.95. The maximum atomic E-state index is 6.18. The van der Waals surface area contributed by atoms with Crippen LogP contribution in [0.3, 0.4) is 0 Å². The largest absolute Gasteiger partial charge is 0.496 e. The Bertz CT molecular complexity index is 925. The fraction of sp³-hybridized carbons (Fsp3) is 0.500. The van der Waals surface area contributed by atoms with Gasteiger partial charge in [-0.05, 0) is 72.6 Å². The molecule has 0 N–H and O–H groups in total. The van der Waals surface area contributed by atoms with Gasteiger partial charge < -0.3 is 14.2 Å². The van der Waals surface area contributed by atoms with Crippen LogP contribution >= 0.6 is 15.9 Å². The maximum absolute atomic E-state index is 6.18. The standard InChI is InChI=1S/C24H28BrNO3/c1-27-22-7-6-20(25)18-11-21-17-12-23(28-2)24(29-14-15-4-3-5-15)10-16(17)8-9-26(21)13-19(18)22/h6-7,10,12,15,21H,3-5,8-9,11,13-14H2,1-2H3. The summed E-state index contributed by atoms with van der Waals surface area (Å²) in [6, 6.07) is 9.00. The van der Waals surface area contributed by atoms with Crippen molar-refractivity contribution in [2.24, 2.45) is 5.92 Å².